The molecule has 0 aromatic heterocycles. The fourth-order valence-electron chi connectivity index (χ4n) is 1.72. The lowest BCUT2D eigenvalue weighted by atomic mass is 10.1. The third-order valence-electron chi connectivity index (χ3n) is 2.96. The van der Waals surface area contributed by atoms with Gasteiger partial charge in [-0.3, -0.25) is 0 Å². The van der Waals surface area contributed by atoms with Crippen LogP contribution < -0.4 is 5.32 Å². The van der Waals surface area contributed by atoms with Crippen molar-refractivity contribution in [1.82, 2.24) is 5.32 Å². The second-order valence-corrected chi connectivity index (χ2v) is 4.54. The molecular weight excluding hydrogens is 201 g/mol. The van der Waals surface area contributed by atoms with Crippen LogP contribution in [0.4, 0.5) is 4.39 Å². The molecule has 0 aliphatic carbocycles. The zero-order valence-electron chi connectivity index (χ0n) is 10.5. The summed E-state index contributed by atoms with van der Waals surface area (Å²) in [6.45, 7) is 6.59. The van der Waals surface area contributed by atoms with E-state index in [0.717, 1.165) is 19.3 Å². The van der Waals surface area contributed by atoms with Gasteiger partial charge in [-0.05, 0) is 50.8 Å². The minimum absolute atomic E-state index is 0.158. The summed E-state index contributed by atoms with van der Waals surface area (Å²) < 4.78 is 12.7. The molecule has 2 unspecified atom stereocenters. The Labute approximate surface area is 98.1 Å². The van der Waals surface area contributed by atoms with Crippen molar-refractivity contribution < 1.29 is 4.39 Å². The second-order valence-electron chi connectivity index (χ2n) is 4.54. The standard InChI is InChI=1S/C14H22FN/c1-4-11(2)16-12(3)5-6-13-7-9-14(15)10-8-13/h7-12,16H,4-6H2,1-3H3. The summed E-state index contributed by atoms with van der Waals surface area (Å²) in [7, 11) is 0. The molecule has 1 nitrogen and oxygen atoms in total. The Morgan fingerprint density at radius 1 is 1.12 bits per heavy atom. The summed E-state index contributed by atoms with van der Waals surface area (Å²) >= 11 is 0. The highest BCUT2D eigenvalue weighted by molar-refractivity contribution is 5.16. The van der Waals surface area contributed by atoms with Crippen molar-refractivity contribution in [3.05, 3.63) is 35.6 Å². The number of rotatable bonds is 6. The van der Waals surface area contributed by atoms with Crippen molar-refractivity contribution in [2.45, 2.75) is 52.1 Å². The lowest BCUT2D eigenvalue weighted by Gasteiger charge is -2.18. The monoisotopic (exact) mass is 223 g/mol. The minimum Gasteiger partial charge on any atom is -0.312 e. The Bertz CT molecular complexity index is 294. The Kier molecular flexibility index (Phi) is 5.47. The maximum absolute atomic E-state index is 12.7. The van der Waals surface area contributed by atoms with Gasteiger partial charge < -0.3 is 5.32 Å². The van der Waals surface area contributed by atoms with Crippen LogP contribution in [-0.4, -0.2) is 12.1 Å². The quantitative estimate of drug-likeness (QED) is 0.778. The van der Waals surface area contributed by atoms with Gasteiger partial charge in [-0.1, -0.05) is 19.1 Å². The molecule has 0 fully saturated rings. The van der Waals surface area contributed by atoms with E-state index in [1.807, 2.05) is 12.1 Å². The van der Waals surface area contributed by atoms with E-state index < -0.39 is 0 Å². The zero-order chi connectivity index (χ0) is 12.0. The molecule has 0 bridgehead atoms. The predicted molar refractivity (Wildman–Crippen MR) is 67.1 cm³/mol. The summed E-state index contributed by atoms with van der Waals surface area (Å²) in [6, 6.07) is 7.88. The first-order chi connectivity index (χ1) is 7.61. The number of hydrogen-bond acceptors (Lipinski definition) is 1. The SMILES string of the molecule is CCC(C)NC(C)CCc1ccc(F)cc1. The first kappa shape index (κ1) is 13.2. The molecule has 2 atom stereocenters. The second kappa shape index (κ2) is 6.64. The first-order valence-corrected chi connectivity index (χ1v) is 6.12. The van der Waals surface area contributed by atoms with E-state index >= 15 is 0 Å². The van der Waals surface area contributed by atoms with Crippen LogP contribution in [0.1, 0.15) is 39.2 Å². The van der Waals surface area contributed by atoms with Gasteiger partial charge in [0.05, 0.1) is 0 Å². The molecule has 0 saturated carbocycles. The molecule has 1 N–H and O–H groups in total. The van der Waals surface area contributed by atoms with Crippen LogP contribution in [0.2, 0.25) is 0 Å². The molecule has 90 valence electrons. The average Bonchev–Trinajstić information content (AvgIpc) is 2.28. The van der Waals surface area contributed by atoms with Gasteiger partial charge >= 0.3 is 0 Å². The van der Waals surface area contributed by atoms with Gasteiger partial charge in [0.25, 0.3) is 0 Å². The Hall–Kier alpha value is -0.890. The fourth-order valence-corrected chi connectivity index (χ4v) is 1.72. The minimum atomic E-state index is -0.158. The number of halogens is 1. The van der Waals surface area contributed by atoms with E-state index in [1.54, 1.807) is 0 Å². The Morgan fingerprint density at radius 2 is 1.75 bits per heavy atom. The van der Waals surface area contributed by atoms with Crippen molar-refractivity contribution in [1.29, 1.82) is 0 Å². The van der Waals surface area contributed by atoms with Crippen molar-refractivity contribution in [2.24, 2.45) is 0 Å². The van der Waals surface area contributed by atoms with E-state index in [1.165, 1.54) is 17.7 Å². The third-order valence-corrected chi connectivity index (χ3v) is 2.96. The van der Waals surface area contributed by atoms with Gasteiger partial charge in [0.15, 0.2) is 0 Å². The molecule has 0 heterocycles. The van der Waals surface area contributed by atoms with Gasteiger partial charge in [0.1, 0.15) is 5.82 Å². The summed E-state index contributed by atoms with van der Waals surface area (Å²) in [5.41, 5.74) is 1.21. The highest BCUT2D eigenvalue weighted by Crippen LogP contribution is 2.07. The van der Waals surface area contributed by atoms with E-state index in [4.69, 9.17) is 0 Å². The lowest BCUT2D eigenvalue weighted by molar-refractivity contribution is 0.438. The normalized spacial score (nSPS) is 14.8. The van der Waals surface area contributed by atoms with Crippen LogP contribution in [0.25, 0.3) is 0 Å². The smallest absolute Gasteiger partial charge is 0.123 e. The highest BCUT2D eigenvalue weighted by atomic mass is 19.1. The van der Waals surface area contributed by atoms with Crippen LogP contribution in [-0.2, 0) is 6.42 Å². The number of aryl methyl sites for hydroxylation is 1. The van der Waals surface area contributed by atoms with Crippen LogP contribution in [0, 0.1) is 5.82 Å². The molecule has 1 rings (SSSR count). The van der Waals surface area contributed by atoms with Gasteiger partial charge in [-0.25, -0.2) is 4.39 Å². The van der Waals surface area contributed by atoms with Crippen LogP contribution in [0.3, 0.4) is 0 Å². The summed E-state index contributed by atoms with van der Waals surface area (Å²) in [5.74, 6) is -0.158. The molecule has 0 amide bonds. The van der Waals surface area contributed by atoms with Crippen molar-refractivity contribution in [3.63, 3.8) is 0 Å². The van der Waals surface area contributed by atoms with Gasteiger partial charge in [0, 0.05) is 12.1 Å². The fraction of sp³-hybridized carbons (Fsp3) is 0.571. The Morgan fingerprint density at radius 3 is 2.31 bits per heavy atom. The molecule has 0 aliphatic rings. The molecule has 1 aromatic carbocycles. The third kappa shape index (κ3) is 4.75. The number of nitrogens with one attached hydrogen (secondary N) is 1. The topological polar surface area (TPSA) is 12.0 Å². The van der Waals surface area contributed by atoms with Crippen LogP contribution >= 0.6 is 0 Å². The number of hydrogen-bond donors (Lipinski definition) is 1. The van der Waals surface area contributed by atoms with Gasteiger partial charge in [-0.2, -0.15) is 0 Å². The maximum Gasteiger partial charge on any atom is 0.123 e. The average molecular weight is 223 g/mol. The van der Waals surface area contributed by atoms with E-state index in [9.17, 15) is 4.39 Å². The highest BCUT2D eigenvalue weighted by Gasteiger charge is 2.05. The van der Waals surface area contributed by atoms with Crippen LogP contribution in [0.15, 0.2) is 24.3 Å². The Balaban J connectivity index is 2.31. The molecular formula is C14H22FN. The van der Waals surface area contributed by atoms with Crippen molar-refractivity contribution in [2.75, 3.05) is 0 Å². The molecule has 2 heteroatoms. The molecule has 1 aromatic rings. The van der Waals surface area contributed by atoms with E-state index in [2.05, 4.69) is 26.1 Å². The molecule has 0 radical (unpaired) electrons. The van der Waals surface area contributed by atoms with Gasteiger partial charge in [0.2, 0.25) is 0 Å². The van der Waals surface area contributed by atoms with Crippen molar-refractivity contribution >= 4 is 0 Å². The summed E-state index contributed by atoms with van der Waals surface area (Å²) in [4.78, 5) is 0. The summed E-state index contributed by atoms with van der Waals surface area (Å²) in [5, 5.41) is 3.54. The largest absolute Gasteiger partial charge is 0.312 e. The molecule has 0 aliphatic heterocycles. The zero-order valence-corrected chi connectivity index (χ0v) is 10.5. The van der Waals surface area contributed by atoms with E-state index in [-0.39, 0.29) is 5.82 Å². The van der Waals surface area contributed by atoms with Crippen LogP contribution in [0.5, 0.6) is 0 Å². The van der Waals surface area contributed by atoms with E-state index in [0.29, 0.717) is 12.1 Å². The van der Waals surface area contributed by atoms with Gasteiger partial charge in [-0.15, -0.1) is 0 Å². The summed E-state index contributed by atoms with van der Waals surface area (Å²) in [6.07, 6.45) is 3.25. The first-order valence-electron chi connectivity index (χ1n) is 6.12. The molecule has 0 spiro atoms. The molecule has 16 heavy (non-hydrogen) atoms. The molecule has 0 saturated heterocycles. The maximum atomic E-state index is 12.7. The lowest BCUT2D eigenvalue weighted by Crippen LogP contribution is -2.34. The van der Waals surface area contributed by atoms with Crippen molar-refractivity contribution in [3.8, 4) is 0 Å². The predicted octanol–water partition coefficient (Wildman–Crippen LogP) is 3.53. The number of benzene rings is 1.